The van der Waals surface area contributed by atoms with Gasteiger partial charge in [-0.2, -0.15) is 14.0 Å². The number of hydrogen-bond donors (Lipinski definition) is 1. The summed E-state index contributed by atoms with van der Waals surface area (Å²) in [6.07, 6.45) is 1.97. The van der Waals surface area contributed by atoms with Crippen molar-refractivity contribution in [2.24, 2.45) is 0 Å². The van der Waals surface area contributed by atoms with Gasteiger partial charge in [0.2, 0.25) is 5.69 Å². The summed E-state index contributed by atoms with van der Waals surface area (Å²) in [5.41, 5.74) is -0.881. The Kier molecular flexibility index (Phi) is 12.8. The molecule has 17 heteroatoms. The second kappa shape index (κ2) is 22.3. The second-order valence-corrected chi connectivity index (χ2v) is 20.0. The summed E-state index contributed by atoms with van der Waals surface area (Å²) in [7, 11) is -1.46. The van der Waals surface area contributed by atoms with Crippen LogP contribution in [0.25, 0.3) is 4.85 Å². The molecule has 68 heavy (non-hydrogen) atoms. The molecule has 2 heterocycles. The number of nitriles is 1. The maximum Gasteiger partial charge on any atom is 0.323 e. The van der Waals surface area contributed by atoms with Gasteiger partial charge in [-0.25, -0.2) is 27.1 Å². The summed E-state index contributed by atoms with van der Waals surface area (Å²) in [4.78, 5) is 6.78. The number of benzene rings is 5. The van der Waals surface area contributed by atoms with Crippen molar-refractivity contribution >= 4 is 13.8 Å². The largest absolute Gasteiger partial charge is 0.489 e. The van der Waals surface area contributed by atoms with Crippen LogP contribution in [0.1, 0.15) is 72.4 Å². The zero-order valence-electron chi connectivity index (χ0n) is 49.5. The maximum absolute atomic E-state index is 15.9. The molecule has 0 unspecified atom stereocenters. The van der Waals surface area contributed by atoms with Crippen LogP contribution in [-0.4, -0.2) is 38.4 Å². The number of rotatable bonds is 11. The zero-order valence-corrected chi connectivity index (χ0v) is 36.5. The molecule has 0 fully saturated rings. The molecule has 0 aliphatic carbocycles. The van der Waals surface area contributed by atoms with Crippen molar-refractivity contribution in [3.05, 3.63) is 207 Å². The quantitative estimate of drug-likeness (QED) is 0.0588. The van der Waals surface area contributed by atoms with Crippen molar-refractivity contribution in [1.29, 1.82) is 5.26 Å². The smallest absolute Gasteiger partial charge is 0.323 e. The summed E-state index contributed by atoms with van der Waals surface area (Å²) in [6, 6.07) is 25.1. The third-order valence-electron chi connectivity index (χ3n) is 9.14. The van der Waals surface area contributed by atoms with Gasteiger partial charge < -0.3 is 14.6 Å². The first-order valence-electron chi connectivity index (χ1n) is 26.7. The van der Waals surface area contributed by atoms with E-state index in [4.69, 9.17) is 41.6 Å². The molecule has 0 aliphatic heterocycles. The van der Waals surface area contributed by atoms with Crippen LogP contribution < -0.4 is 9.47 Å². The van der Waals surface area contributed by atoms with Gasteiger partial charge in [0.25, 0.3) is 0 Å². The van der Waals surface area contributed by atoms with Crippen LogP contribution in [0, 0.1) is 64.5 Å². The molecule has 0 amide bonds. The number of tetrazole rings is 1. The number of pyridine rings is 1. The Bertz CT molecular complexity index is 3290. The molecule has 0 spiro atoms. The topological polar surface area (TPSA) is 123 Å². The molecule has 5 aromatic carbocycles. The summed E-state index contributed by atoms with van der Waals surface area (Å²) in [6.45, 7) is 7.68. The Hall–Kier alpha value is -8.22. The molecule has 0 saturated carbocycles. The lowest BCUT2D eigenvalue weighted by Crippen LogP contribution is -2.48. The van der Waals surface area contributed by atoms with E-state index >= 15 is 8.78 Å². The average molecular weight is 966 g/mol. The van der Waals surface area contributed by atoms with Crippen LogP contribution in [0.15, 0.2) is 128 Å². The Labute approximate surface area is 411 Å². The van der Waals surface area contributed by atoms with E-state index in [2.05, 4.69) is 68.3 Å². The monoisotopic (exact) mass is 965 g/mol. The Balaban J connectivity index is 0.00000155. The molecule has 0 bridgehead atoms. The molecule has 1 N–H and O–H groups in total. The Morgan fingerprint density at radius 3 is 1.90 bits per heavy atom. The van der Waals surface area contributed by atoms with Gasteiger partial charge in [0.15, 0.2) is 5.60 Å². The van der Waals surface area contributed by atoms with Gasteiger partial charge in [0.05, 0.1) is 24.2 Å². The fourth-order valence-corrected chi connectivity index (χ4v) is 6.23. The van der Waals surface area contributed by atoms with Crippen molar-refractivity contribution in [2.45, 2.75) is 58.3 Å². The normalized spacial score (nSPS) is 13.5. The minimum atomic E-state index is -4.23. The first-order valence-corrected chi connectivity index (χ1v) is 23.2. The van der Waals surface area contributed by atoms with Gasteiger partial charge in [0, 0.05) is 49.4 Å². The van der Waals surface area contributed by atoms with Crippen LogP contribution in [-0.2, 0) is 31.2 Å². The van der Waals surface area contributed by atoms with Crippen molar-refractivity contribution in [1.82, 2.24) is 25.2 Å². The molecule has 7 aromatic rings. The fourth-order valence-electron chi connectivity index (χ4n) is 5.71. The molecule has 0 aliphatic rings. The fraction of sp³-hybridized carbons (Fsp3) is 0.176. The van der Waals surface area contributed by atoms with Crippen LogP contribution in [0.5, 0.6) is 11.5 Å². The van der Waals surface area contributed by atoms with Crippen molar-refractivity contribution < 1.29 is 61.3 Å². The Morgan fingerprint density at radius 1 is 0.794 bits per heavy atom. The SMILES string of the molecule is C.[2H]C([2H])(Oc1ccc(C#C[Si](C)(C)C)cc1)c1ccc([N+]#[C-])c(F)c1.[2H]C([2H])(Oc1ccc(C#Cc2ccc(C(F)(F)[C@](O)(Cn3cnnn3)c3ccc(F)cc3F)nc2)cc1)c1ccc(C#N)c(F)c1.[2H][2H].[2H][2H].[2H][2H].[2H][2H].[2H][2H]. The van der Waals surface area contributed by atoms with Crippen LogP contribution in [0.2, 0.25) is 19.6 Å². The molecule has 1 atom stereocenters. The van der Waals surface area contributed by atoms with E-state index in [0.29, 0.717) is 23.4 Å². The molecule has 2 aromatic heterocycles. The lowest BCUT2D eigenvalue weighted by atomic mass is 9.84. The van der Waals surface area contributed by atoms with E-state index in [9.17, 15) is 22.7 Å². The van der Waals surface area contributed by atoms with Gasteiger partial charge in [-0.15, -0.1) is 10.6 Å². The highest BCUT2D eigenvalue weighted by Crippen LogP contribution is 2.46. The number of ether oxygens (including phenoxy) is 2. The summed E-state index contributed by atoms with van der Waals surface area (Å²) in [5.74, 6) is 0.740. The summed E-state index contributed by atoms with van der Waals surface area (Å²) >= 11 is 0. The highest BCUT2D eigenvalue weighted by molar-refractivity contribution is 6.83. The lowest BCUT2D eigenvalue weighted by Gasteiger charge is -2.35. The number of aliphatic hydroxyl groups is 1. The zero-order chi connectivity index (χ0) is 61.8. The van der Waals surface area contributed by atoms with Crippen LogP contribution in [0.4, 0.5) is 32.0 Å². The number of halogens is 6. The highest BCUT2D eigenvalue weighted by Gasteiger charge is 2.58. The Morgan fingerprint density at radius 2 is 1.38 bits per heavy atom. The molecule has 0 saturated heterocycles. The van der Waals surface area contributed by atoms with Gasteiger partial charge in [-0.3, -0.25) is 4.98 Å². The third-order valence-corrected chi connectivity index (χ3v) is 10.0. The molecular formula is C51H51F6N7O3Si. The number of alkyl halides is 2. The molecule has 7 rings (SSSR count). The number of hydrogen-bond acceptors (Lipinski definition) is 8. The minimum Gasteiger partial charge on any atom is -0.489 e. The van der Waals surface area contributed by atoms with Gasteiger partial charge >= 0.3 is 5.92 Å². The first kappa shape index (κ1) is 39.0. The summed E-state index contributed by atoms with van der Waals surface area (Å²) < 4.78 is 182. The van der Waals surface area contributed by atoms with Gasteiger partial charge in [-0.05, 0) is 113 Å². The van der Waals surface area contributed by atoms with E-state index in [1.165, 1.54) is 48.5 Å². The van der Waals surface area contributed by atoms with Gasteiger partial charge in [-0.1, -0.05) is 63.0 Å². The van der Waals surface area contributed by atoms with Crippen molar-refractivity contribution in [3.8, 4) is 40.9 Å². The molecule has 10 nitrogen and oxygen atoms in total. The number of nitrogens with zero attached hydrogens (tertiary/aromatic N) is 7. The second-order valence-electron chi connectivity index (χ2n) is 15.3. The maximum atomic E-state index is 15.9. The van der Waals surface area contributed by atoms with Gasteiger partial charge in [0.1, 0.15) is 74.1 Å². The standard InChI is InChI=1S/C31H19F5N6O2.C19H18FNOSi.CH4.5H2/c32-24-8-11-26(28(34)14-24)30(43,18-42-19-39-40-41-42)31(35,36)29-12-6-21(16-38-29)2-1-20-4-9-25(10-5-20)44-17-22-3-7-23(15-37)27(33)13-22;1-21-19-10-7-16(13-18(19)20)14-22-17-8-5-15(6-9-17)11-12-23(2,3)4;;;;;;/h3-14,16,19,43H,17-18H2;5-10,13H,14H2,2-4H3;1H4;5*1H/t30-;;;;;;;/m0......./s1/i17D2;14D2;;5*1+1D. The van der Waals surface area contributed by atoms with E-state index < -0.39 is 73.8 Å². The molecule has 0 radical (unpaired) electrons. The van der Waals surface area contributed by atoms with E-state index in [1.54, 1.807) is 30.3 Å². The molecular weight excluding hydrogens is 901 g/mol. The minimum absolute atomic E-state index is 0. The van der Waals surface area contributed by atoms with Crippen LogP contribution in [0.3, 0.4) is 0 Å². The van der Waals surface area contributed by atoms with Crippen molar-refractivity contribution in [2.75, 3.05) is 0 Å². The lowest BCUT2D eigenvalue weighted by molar-refractivity contribution is -0.207. The third kappa shape index (κ3) is 13.2. The predicted molar refractivity (Wildman–Crippen MR) is 255 cm³/mol. The van der Waals surface area contributed by atoms with Crippen LogP contribution >= 0.6 is 0 Å². The number of aromatic nitrogens is 5. The predicted octanol–water partition coefficient (Wildman–Crippen LogP) is 12.1. The van der Waals surface area contributed by atoms with E-state index in [-0.39, 0.29) is 41.1 Å². The highest BCUT2D eigenvalue weighted by atomic mass is 28.3. The average Bonchev–Trinajstić information content (AvgIpc) is 4.12. The molecule has 354 valence electrons. The van der Waals surface area contributed by atoms with E-state index in [0.717, 1.165) is 53.1 Å². The summed E-state index contributed by atoms with van der Waals surface area (Å²) in [5, 5.41) is 30.3. The van der Waals surface area contributed by atoms with Crippen molar-refractivity contribution in [3.63, 3.8) is 0 Å². The van der Waals surface area contributed by atoms with E-state index in [1.807, 2.05) is 0 Å². The first-order chi connectivity index (χ1) is 38.4.